The Morgan fingerprint density at radius 1 is 2.00 bits per heavy atom. The molecule has 0 aliphatic heterocycles. The molecule has 6 heavy (non-hydrogen) atoms. The highest BCUT2D eigenvalue weighted by Gasteiger charge is 1.86. The van der Waals surface area contributed by atoms with E-state index in [9.17, 15) is 4.55 Å². The van der Waals surface area contributed by atoms with Gasteiger partial charge >= 0.3 is 0 Å². The highest BCUT2D eigenvalue weighted by Crippen LogP contribution is 1.73. The van der Waals surface area contributed by atoms with Crippen LogP contribution in [-0.4, -0.2) is 10.3 Å². The van der Waals surface area contributed by atoms with Crippen molar-refractivity contribution in [2.24, 2.45) is 5.14 Å². The van der Waals surface area contributed by atoms with Crippen LogP contribution in [0.15, 0.2) is 12.7 Å². The zero-order valence-electron chi connectivity index (χ0n) is 3.39. The summed E-state index contributed by atoms with van der Waals surface area (Å²) in [5.74, 6) is 0.389. The van der Waals surface area contributed by atoms with E-state index in [0.29, 0.717) is 5.75 Å². The molecule has 0 spiro atoms. The molecular weight excluding hydrogens is 98.1 g/mol. The molecule has 1 atom stereocenters. The Kier molecular flexibility index (Phi) is 3.21. The zero-order valence-corrected chi connectivity index (χ0v) is 4.20. The minimum atomic E-state index is -1.18. The average molecular weight is 105 g/mol. The first kappa shape index (κ1) is 6.01. The van der Waals surface area contributed by atoms with Crippen LogP contribution >= 0.6 is 0 Å². The van der Waals surface area contributed by atoms with E-state index < -0.39 is 11.4 Å². The van der Waals surface area contributed by atoms with Crippen molar-refractivity contribution in [2.45, 2.75) is 0 Å². The van der Waals surface area contributed by atoms with Gasteiger partial charge in [-0.1, -0.05) is 6.58 Å². The smallest absolute Gasteiger partial charge is 0.143 e. The number of nitrogens with two attached hydrogens (primary N) is 1. The third-order valence-corrected chi connectivity index (χ3v) is 0.846. The van der Waals surface area contributed by atoms with Gasteiger partial charge in [-0.25, -0.2) is 0 Å². The molecule has 0 fully saturated rings. The van der Waals surface area contributed by atoms with Gasteiger partial charge in [0.05, 0.1) is 0 Å². The van der Waals surface area contributed by atoms with Gasteiger partial charge in [-0.3, -0.25) is 0 Å². The molecule has 0 aliphatic carbocycles. The molecule has 0 aliphatic rings. The standard InChI is InChI=1S/C3H7NOS/c1-2-3-6(4)5/h2H,1,3-4H2. The van der Waals surface area contributed by atoms with Crippen molar-refractivity contribution in [3.8, 4) is 0 Å². The molecule has 1 unspecified atom stereocenters. The maximum Gasteiger partial charge on any atom is 0.143 e. The van der Waals surface area contributed by atoms with Crippen LogP contribution in [0.5, 0.6) is 0 Å². The lowest BCUT2D eigenvalue weighted by molar-refractivity contribution is 0.599. The fraction of sp³-hybridized carbons (Fsp3) is 0.333. The minimum absolute atomic E-state index is 0.389. The van der Waals surface area contributed by atoms with Gasteiger partial charge in [-0.2, -0.15) is 5.14 Å². The van der Waals surface area contributed by atoms with Crippen LogP contribution < -0.4 is 5.14 Å². The van der Waals surface area contributed by atoms with Crippen molar-refractivity contribution >= 4 is 11.4 Å². The monoisotopic (exact) mass is 105 g/mol. The second-order valence-corrected chi connectivity index (χ2v) is 1.93. The summed E-state index contributed by atoms with van der Waals surface area (Å²) in [6.45, 7) is 3.33. The van der Waals surface area contributed by atoms with E-state index in [2.05, 4.69) is 6.58 Å². The highest BCUT2D eigenvalue weighted by atomic mass is 32.2. The molecule has 0 aromatic rings. The van der Waals surface area contributed by atoms with E-state index in [-0.39, 0.29) is 0 Å². The van der Waals surface area contributed by atoms with Gasteiger partial charge in [0.1, 0.15) is 5.75 Å². The van der Waals surface area contributed by atoms with E-state index >= 15 is 0 Å². The van der Waals surface area contributed by atoms with Crippen LogP contribution in [0.3, 0.4) is 0 Å². The van der Waals surface area contributed by atoms with Gasteiger partial charge in [0.15, 0.2) is 0 Å². The number of hydrogen-bond acceptors (Lipinski definition) is 2. The summed E-state index contributed by atoms with van der Waals surface area (Å²) in [7, 11) is 0. The fourth-order valence-corrected chi connectivity index (χ4v) is 0.348. The summed E-state index contributed by atoms with van der Waals surface area (Å²) in [6.07, 6.45) is 1.52. The quantitative estimate of drug-likeness (QED) is 0.390. The summed E-state index contributed by atoms with van der Waals surface area (Å²) >= 11 is -1.18. The Bertz CT molecular complexity index is 46.1. The molecule has 0 aromatic heterocycles. The van der Waals surface area contributed by atoms with Gasteiger partial charge in [-0.05, 0) is 6.08 Å². The SMILES string of the molecule is C=CC[S+](N)[O-]. The van der Waals surface area contributed by atoms with E-state index in [1.54, 1.807) is 0 Å². The second kappa shape index (κ2) is 3.21. The van der Waals surface area contributed by atoms with Gasteiger partial charge < -0.3 is 4.55 Å². The highest BCUT2D eigenvalue weighted by molar-refractivity contribution is 7.89. The van der Waals surface area contributed by atoms with Crippen molar-refractivity contribution in [3.05, 3.63) is 12.7 Å². The normalized spacial score (nSPS) is 13.7. The first-order valence-corrected chi connectivity index (χ1v) is 2.89. The van der Waals surface area contributed by atoms with Crippen LogP contribution in [0.25, 0.3) is 0 Å². The first-order chi connectivity index (χ1) is 2.77. The average Bonchev–Trinajstić information content (AvgIpc) is 1.35. The molecule has 36 valence electrons. The Hall–Kier alpha value is 0.01000. The largest absolute Gasteiger partial charge is 0.598 e. The molecule has 3 heteroatoms. The lowest BCUT2D eigenvalue weighted by atomic mass is 10.8. The van der Waals surface area contributed by atoms with E-state index in [1.807, 2.05) is 0 Å². The Balaban J connectivity index is 2.81. The third kappa shape index (κ3) is 4.01. The van der Waals surface area contributed by atoms with Crippen molar-refractivity contribution in [3.63, 3.8) is 0 Å². The molecule has 0 bridgehead atoms. The van der Waals surface area contributed by atoms with Gasteiger partial charge in [0.25, 0.3) is 0 Å². The zero-order chi connectivity index (χ0) is 4.99. The Morgan fingerprint density at radius 2 is 2.50 bits per heavy atom. The Labute approximate surface area is 40.3 Å². The third-order valence-electron chi connectivity index (χ3n) is 0.282. The second-order valence-electron chi connectivity index (χ2n) is 0.836. The molecule has 0 heterocycles. The Morgan fingerprint density at radius 3 is 2.50 bits per heavy atom. The van der Waals surface area contributed by atoms with E-state index in [1.165, 1.54) is 6.08 Å². The first-order valence-electron chi connectivity index (χ1n) is 1.51. The molecule has 0 saturated heterocycles. The van der Waals surface area contributed by atoms with Crippen LogP contribution in [-0.2, 0) is 11.4 Å². The van der Waals surface area contributed by atoms with Crippen molar-refractivity contribution in [2.75, 3.05) is 5.75 Å². The maximum absolute atomic E-state index is 9.86. The summed E-state index contributed by atoms with van der Waals surface area (Å²) < 4.78 is 9.86. The van der Waals surface area contributed by atoms with Crippen LogP contribution in [0, 0.1) is 0 Å². The molecule has 0 saturated carbocycles. The number of rotatable bonds is 2. The molecule has 0 aromatic carbocycles. The molecule has 0 radical (unpaired) electrons. The lowest BCUT2D eigenvalue weighted by Gasteiger charge is -1.94. The predicted molar refractivity (Wildman–Crippen MR) is 27.4 cm³/mol. The van der Waals surface area contributed by atoms with Crippen molar-refractivity contribution < 1.29 is 4.55 Å². The minimum Gasteiger partial charge on any atom is -0.598 e. The van der Waals surface area contributed by atoms with Gasteiger partial charge in [-0.15, -0.1) is 0 Å². The van der Waals surface area contributed by atoms with E-state index in [0.717, 1.165) is 0 Å². The topological polar surface area (TPSA) is 49.1 Å². The van der Waals surface area contributed by atoms with Crippen molar-refractivity contribution in [1.82, 2.24) is 0 Å². The molecule has 0 amide bonds. The van der Waals surface area contributed by atoms with E-state index in [4.69, 9.17) is 5.14 Å². The van der Waals surface area contributed by atoms with Crippen LogP contribution in [0.1, 0.15) is 0 Å². The predicted octanol–water partition coefficient (Wildman–Crippen LogP) is -0.205. The molecule has 0 rings (SSSR count). The molecular formula is C3H7NOS. The summed E-state index contributed by atoms with van der Waals surface area (Å²) in [5, 5.41) is 4.80. The van der Waals surface area contributed by atoms with Crippen LogP contribution in [0.4, 0.5) is 0 Å². The van der Waals surface area contributed by atoms with Crippen LogP contribution in [0.2, 0.25) is 0 Å². The fourth-order valence-electron chi connectivity index (χ4n) is 0.116. The summed E-state index contributed by atoms with van der Waals surface area (Å²) in [4.78, 5) is 0. The molecule has 2 N–H and O–H groups in total. The van der Waals surface area contributed by atoms with Crippen molar-refractivity contribution in [1.29, 1.82) is 0 Å². The van der Waals surface area contributed by atoms with Gasteiger partial charge in [0, 0.05) is 11.4 Å². The molecule has 2 nitrogen and oxygen atoms in total. The lowest BCUT2D eigenvalue weighted by Crippen LogP contribution is -2.14. The maximum atomic E-state index is 9.86. The summed E-state index contributed by atoms with van der Waals surface area (Å²) in [5.41, 5.74) is 0. The van der Waals surface area contributed by atoms with Gasteiger partial charge in [0.2, 0.25) is 0 Å². The summed E-state index contributed by atoms with van der Waals surface area (Å²) in [6, 6.07) is 0. The number of hydrogen-bond donors (Lipinski definition) is 1.